The Morgan fingerprint density at radius 1 is 1.29 bits per heavy atom. The van der Waals surface area contributed by atoms with Crippen LogP contribution in [0.3, 0.4) is 0 Å². The van der Waals surface area contributed by atoms with E-state index in [1.165, 1.54) is 4.68 Å². The van der Waals surface area contributed by atoms with E-state index in [1.54, 1.807) is 6.92 Å². The molecule has 1 aromatic carbocycles. The molecule has 3 nitrogen and oxygen atoms in total. The first-order valence-electron chi connectivity index (χ1n) is 5.19. The molecular weight excluding hydrogens is 259 g/mol. The van der Waals surface area contributed by atoms with Gasteiger partial charge in [0.1, 0.15) is 5.15 Å². The Labute approximate surface area is 109 Å². The number of aromatic amines is 1. The third-order valence-electron chi connectivity index (χ3n) is 2.71. The van der Waals surface area contributed by atoms with Crippen molar-refractivity contribution in [3.8, 4) is 0 Å². The molecule has 1 N–H and O–H groups in total. The van der Waals surface area contributed by atoms with E-state index >= 15 is 0 Å². The zero-order valence-corrected chi connectivity index (χ0v) is 11.1. The van der Waals surface area contributed by atoms with Crippen molar-refractivity contribution in [2.24, 2.45) is 0 Å². The van der Waals surface area contributed by atoms with Crippen molar-refractivity contribution in [3.63, 3.8) is 0 Å². The molecule has 0 bridgehead atoms. The lowest BCUT2D eigenvalue weighted by Gasteiger charge is -2.04. The van der Waals surface area contributed by atoms with Gasteiger partial charge in [-0.1, -0.05) is 35.3 Å². The Kier molecular flexibility index (Phi) is 3.31. The fraction of sp³-hybridized carbons (Fsp3) is 0.250. The Morgan fingerprint density at radius 2 is 2.00 bits per heavy atom. The summed E-state index contributed by atoms with van der Waals surface area (Å²) in [5.41, 5.74) is 2.40. The summed E-state index contributed by atoms with van der Waals surface area (Å²) in [7, 11) is 0. The zero-order valence-electron chi connectivity index (χ0n) is 9.55. The minimum absolute atomic E-state index is 0.105. The van der Waals surface area contributed by atoms with Gasteiger partial charge in [0.2, 0.25) is 0 Å². The third-order valence-corrected chi connectivity index (χ3v) is 3.48. The van der Waals surface area contributed by atoms with Crippen molar-refractivity contribution in [2.45, 2.75) is 20.4 Å². The van der Waals surface area contributed by atoms with Crippen molar-refractivity contribution in [1.29, 1.82) is 0 Å². The van der Waals surface area contributed by atoms with Gasteiger partial charge in [-0.15, -0.1) is 0 Å². The van der Waals surface area contributed by atoms with E-state index in [2.05, 4.69) is 5.10 Å². The molecule has 0 aliphatic carbocycles. The highest BCUT2D eigenvalue weighted by atomic mass is 35.5. The van der Waals surface area contributed by atoms with E-state index < -0.39 is 0 Å². The summed E-state index contributed by atoms with van der Waals surface area (Å²) in [4.78, 5) is 11.8. The maximum absolute atomic E-state index is 11.8. The molecule has 0 aliphatic rings. The molecule has 0 radical (unpaired) electrons. The van der Waals surface area contributed by atoms with Gasteiger partial charge >= 0.3 is 0 Å². The Hall–Kier alpha value is -1.19. The van der Waals surface area contributed by atoms with Gasteiger partial charge in [0, 0.05) is 5.02 Å². The maximum atomic E-state index is 11.8. The third kappa shape index (κ3) is 2.40. The molecule has 0 unspecified atom stereocenters. The fourth-order valence-corrected chi connectivity index (χ4v) is 1.96. The van der Waals surface area contributed by atoms with Gasteiger partial charge in [-0.3, -0.25) is 9.89 Å². The van der Waals surface area contributed by atoms with E-state index in [4.69, 9.17) is 23.2 Å². The first-order chi connectivity index (χ1) is 7.99. The number of hydrogen-bond acceptors (Lipinski definition) is 1. The second kappa shape index (κ2) is 4.59. The predicted octanol–water partition coefficient (Wildman–Crippen LogP) is 3.15. The molecule has 2 rings (SSSR count). The lowest BCUT2D eigenvalue weighted by Crippen LogP contribution is -2.18. The van der Waals surface area contributed by atoms with Crippen molar-refractivity contribution < 1.29 is 0 Å². The van der Waals surface area contributed by atoms with Crippen LogP contribution in [0.4, 0.5) is 0 Å². The number of aryl methyl sites for hydroxylation is 1. The van der Waals surface area contributed by atoms with Crippen molar-refractivity contribution in [2.75, 3.05) is 0 Å². The van der Waals surface area contributed by atoms with Gasteiger partial charge in [-0.25, -0.2) is 4.68 Å². The molecule has 1 aromatic heterocycles. The van der Waals surface area contributed by atoms with E-state index in [-0.39, 0.29) is 5.56 Å². The van der Waals surface area contributed by atoms with Crippen LogP contribution in [0.5, 0.6) is 0 Å². The monoisotopic (exact) mass is 270 g/mol. The molecule has 2 aromatic rings. The molecule has 5 heteroatoms. The second-order valence-corrected chi connectivity index (χ2v) is 4.81. The number of nitrogens with one attached hydrogen (secondary N) is 1. The average molecular weight is 271 g/mol. The van der Waals surface area contributed by atoms with Crippen LogP contribution >= 0.6 is 23.2 Å². The van der Waals surface area contributed by atoms with Crippen LogP contribution in [-0.2, 0) is 6.54 Å². The van der Waals surface area contributed by atoms with Crippen LogP contribution in [0.1, 0.15) is 16.7 Å². The molecule has 0 aliphatic heterocycles. The highest BCUT2D eigenvalue weighted by Gasteiger charge is 2.08. The predicted molar refractivity (Wildman–Crippen MR) is 70.1 cm³/mol. The summed E-state index contributed by atoms with van der Waals surface area (Å²) in [5.74, 6) is 0. The Balaban J connectivity index is 2.35. The van der Waals surface area contributed by atoms with Crippen LogP contribution in [0.25, 0.3) is 0 Å². The maximum Gasteiger partial charge on any atom is 0.271 e. The summed E-state index contributed by atoms with van der Waals surface area (Å²) in [6.45, 7) is 4.07. The van der Waals surface area contributed by atoms with Gasteiger partial charge in [-0.05, 0) is 31.0 Å². The standard InChI is InChI=1S/C12H12Cl2N2O/c1-7-3-4-9(5-10(7)13)6-16-12(17)8(2)11(14)15-16/h3-5,15H,6H2,1-2H3. The SMILES string of the molecule is Cc1ccc(Cn2[nH]c(Cl)c(C)c2=O)cc1Cl. The molecule has 1 heterocycles. The summed E-state index contributed by atoms with van der Waals surface area (Å²) < 4.78 is 1.47. The minimum atomic E-state index is -0.105. The largest absolute Gasteiger partial charge is 0.284 e. The molecular formula is C12H12Cl2N2O. The van der Waals surface area contributed by atoms with Crippen LogP contribution in [0, 0.1) is 13.8 Å². The summed E-state index contributed by atoms with van der Waals surface area (Å²) in [6.07, 6.45) is 0. The highest BCUT2D eigenvalue weighted by molar-refractivity contribution is 6.31. The van der Waals surface area contributed by atoms with Crippen molar-refractivity contribution >= 4 is 23.2 Å². The van der Waals surface area contributed by atoms with Crippen LogP contribution in [0.15, 0.2) is 23.0 Å². The van der Waals surface area contributed by atoms with E-state index in [0.29, 0.717) is 22.3 Å². The first kappa shape index (κ1) is 12.3. The van der Waals surface area contributed by atoms with Gasteiger partial charge in [0.05, 0.1) is 12.1 Å². The topological polar surface area (TPSA) is 37.8 Å². The lowest BCUT2D eigenvalue weighted by atomic mass is 10.1. The van der Waals surface area contributed by atoms with E-state index in [9.17, 15) is 4.79 Å². The minimum Gasteiger partial charge on any atom is -0.284 e. The lowest BCUT2D eigenvalue weighted by molar-refractivity contribution is 0.663. The second-order valence-electron chi connectivity index (χ2n) is 4.03. The number of aromatic nitrogens is 2. The first-order valence-corrected chi connectivity index (χ1v) is 5.94. The summed E-state index contributed by atoms with van der Waals surface area (Å²) >= 11 is 11.9. The number of benzene rings is 1. The number of halogens is 2. The fourth-order valence-electron chi connectivity index (χ4n) is 1.58. The van der Waals surface area contributed by atoms with E-state index in [1.807, 2.05) is 25.1 Å². The van der Waals surface area contributed by atoms with Crippen LogP contribution in [0.2, 0.25) is 10.2 Å². The molecule has 17 heavy (non-hydrogen) atoms. The molecule has 0 saturated heterocycles. The quantitative estimate of drug-likeness (QED) is 0.895. The van der Waals surface area contributed by atoms with E-state index in [0.717, 1.165) is 11.1 Å². The number of nitrogens with zero attached hydrogens (tertiary/aromatic N) is 1. The van der Waals surface area contributed by atoms with Crippen molar-refractivity contribution in [1.82, 2.24) is 9.78 Å². The zero-order chi connectivity index (χ0) is 12.6. The highest BCUT2D eigenvalue weighted by Crippen LogP contribution is 2.17. The molecule has 0 amide bonds. The Morgan fingerprint density at radius 3 is 2.53 bits per heavy atom. The van der Waals surface area contributed by atoms with Gasteiger partial charge in [0.15, 0.2) is 0 Å². The number of hydrogen-bond donors (Lipinski definition) is 1. The molecule has 0 atom stereocenters. The molecule has 0 saturated carbocycles. The normalized spacial score (nSPS) is 10.8. The van der Waals surface area contributed by atoms with Crippen LogP contribution in [-0.4, -0.2) is 9.78 Å². The molecule has 0 spiro atoms. The molecule has 0 fully saturated rings. The summed E-state index contributed by atoms with van der Waals surface area (Å²) in [6, 6.07) is 5.73. The van der Waals surface area contributed by atoms with Gasteiger partial charge < -0.3 is 0 Å². The van der Waals surface area contributed by atoms with Crippen molar-refractivity contribution in [3.05, 3.63) is 55.4 Å². The number of H-pyrrole nitrogens is 1. The van der Waals surface area contributed by atoms with Gasteiger partial charge in [-0.2, -0.15) is 0 Å². The number of rotatable bonds is 2. The van der Waals surface area contributed by atoms with Gasteiger partial charge in [0.25, 0.3) is 5.56 Å². The average Bonchev–Trinajstić information content (AvgIpc) is 2.52. The summed E-state index contributed by atoms with van der Waals surface area (Å²) in [5, 5.41) is 3.90. The smallest absolute Gasteiger partial charge is 0.271 e. The molecule has 90 valence electrons. The van der Waals surface area contributed by atoms with Crippen LogP contribution < -0.4 is 5.56 Å². The Bertz CT molecular complexity index is 613.